The van der Waals surface area contributed by atoms with Crippen LogP contribution in [0.25, 0.3) is 0 Å². The summed E-state index contributed by atoms with van der Waals surface area (Å²) < 4.78 is 4.83. The van der Waals surface area contributed by atoms with Crippen molar-refractivity contribution >= 4 is 14.8 Å². The lowest BCUT2D eigenvalue weighted by Crippen LogP contribution is -2.41. The second kappa shape index (κ2) is 6.73. The summed E-state index contributed by atoms with van der Waals surface area (Å²) in [6, 6.07) is -0.528. The molecule has 0 unspecified atom stereocenters. The lowest BCUT2D eigenvalue weighted by molar-refractivity contribution is 0.146. The molecule has 0 spiro atoms. The van der Waals surface area contributed by atoms with E-state index in [9.17, 15) is 14.4 Å². The molecule has 0 radical (unpaired) electrons. The largest absolute Gasteiger partial charge is 0.496 e. The number of nitrogens with two attached hydrogens (primary N) is 2. The Morgan fingerprint density at radius 3 is 2.64 bits per heavy atom. The van der Waals surface area contributed by atoms with Crippen molar-refractivity contribution < 1.29 is 18.8 Å². The molecule has 0 aliphatic carbocycles. The zero-order chi connectivity index (χ0) is 11.0. The van der Waals surface area contributed by atoms with Crippen molar-refractivity contribution in [3.63, 3.8) is 0 Å². The molecule has 0 aliphatic rings. The highest BCUT2D eigenvalue weighted by molar-refractivity contribution is 6.57. The van der Waals surface area contributed by atoms with Gasteiger partial charge in [-0.25, -0.2) is 4.79 Å². The first-order valence-corrected chi connectivity index (χ1v) is 6.31. The first-order valence-electron chi connectivity index (χ1n) is 4.30. The highest BCUT2D eigenvalue weighted by Crippen LogP contribution is 2.01. The molecule has 8 heteroatoms. The van der Waals surface area contributed by atoms with Gasteiger partial charge in [-0.05, 0) is 13.0 Å². The molecule has 0 aromatic rings. The third-order valence-electron chi connectivity index (χ3n) is 1.42. The van der Waals surface area contributed by atoms with E-state index in [1.54, 1.807) is 0 Å². The fraction of sp³-hybridized carbons (Fsp3) is 0.833. The van der Waals surface area contributed by atoms with Gasteiger partial charge in [-0.15, -0.1) is 0 Å². The maximum absolute atomic E-state index is 10.2. The topological polar surface area (TPSA) is 131 Å². The van der Waals surface area contributed by atoms with E-state index >= 15 is 0 Å². The first-order chi connectivity index (χ1) is 6.48. The summed E-state index contributed by atoms with van der Waals surface area (Å²) in [5, 5.41) is 2.35. The molecule has 2 amide bonds. The molecule has 7 N–H and O–H groups in total. The zero-order valence-corrected chi connectivity index (χ0v) is 8.90. The van der Waals surface area contributed by atoms with Gasteiger partial charge in [-0.2, -0.15) is 0 Å². The summed E-state index contributed by atoms with van der Waals surface area (Å²) in [7, 11) is -3.55. The van der Waals surface area contributed by atoms with Gasteiger partial charge >= 0.3 is 14.8 Å². The molecule has 0 aliphatic heterocycles. The Morgan fingerprint density at radius 2 is 2.14 bits per heavy atom. The molecule has 0 rings (SSSR count). The molecule has 0 bridgehead atoms. The molecule has 0 saturated heterocycles. The van der Waals surface area contributed by atoms with Gasteiger partial charge in [0.25, 0.3) is 0 Å². The summed E-state index contributed by atoms with van der Waals surface area (Å²) in [6.45, 7) is 0.695. The molecule has 0 fully saturated rings. The summed E-state index contributed by atoms with van der Waals surface area (Å²) in [6.07, 6.45) is 0.476. The van der Waals surface area contributed by atoms with E-state index < -0.39 is 14.8 Å². The van der Waals surface area contributed by atoms with Crippen molar-refractivity contribution in [1.82, 2.24) is 5.32 Å². The Bertz CT molecular complexity index is 178. The highest BCUT2D eigenvalue weighted by atomic mass is 28.4. The number of urea groups is 1. The molecule has 0 heterocycles. The van der Waals surface area contributed by atoms with Crippen molar-refractivity contribution in [2.75, 3.05) is 19.7 Å². The number of amides is 2. The van der Waals surface area contributed by atoms with Gasteiger partial charge in [0.15, 0.2) is 0 Å². The average molecular weight is 223 g/mol. The van der Waals surface area contributed by atoms with Gasteiger partial charge < -0.3 is 30.8 Å². The first kappa shape index (κ1) is 13.3. The van der Waals surface area contributed by atoms with Gasteiger partial charge in [-0.1, -0.05) is 0 Å². The number of rotatable bonds is 7. The summed E-state index contributed by atoms with van der Waals surface area (Å²) >= 11 is 0. The van der Waals surface area contributed by atoms with Crippen LogP contribution in [0, 0.1) is 0 Å². The molecule has 7 nitrogen and oxygen atoms in total. The van der Waals surface area contributed by atoms with Gasteiger partial charge in [0, 0.05) is 19.2 Å². The Morgan fingerprint density at radius 1 is 1.50 bits per heavy atom. The predicted octanol–water partition coefficient (Wildman–Crippen LogP) is -2.06. The highest BCUT2D eigenvalue weighted by Gasteiger charge is 2.30. The van der Waals surface area contributed by atoms with E-state index in [-0.39, 0.29) is 19.2 Å². The van der Waals surface area contributed by atoms with E-state index in [1.165, 1.54) is 0 Å². The van der Waals surface area contributed by atoms with Gasteiger partial charge in [-0.3, -0.25) is 0 Å². The van der Waals surface area contributed by atoms with Crippen LogP contribution >= 0.6 is 0 Å². The van der Waals surface area contributed by atoms with Crippen LogP contribution in [0.1, 0.15) is 6.42 Å². The van der Waals surface area contributed by atoms with Crippen molar-refractivity contribution in [3.05, 3.63) is 0 Å². The minimum Gasteiger partial charge on any atom is -0.390 e. The maximum atomic E-state index is 10.2. The molecule has 0 saturated carbocycles. The van der Waals surface area contributed by atoms with Crippen LogP contribution < -0.4 is 16.8 Å². The Hall–Kier alpha value is -0.673. The zero-order valence-electron chi connectivity index (χ0n) is 7.90. The molecular weight excluding hydrogens is 206 g/mol. The third-order valence-corrected chi connectivity index (χ3v) is 3.03. The van der Waals surface area contributed by atoms with E-state index in [0.29, 0.717) is 13.0 Å². The SMILES string of the molecule is NCC[Si](O)(O)OCCCNC(N)=O. The van der Waals surface area contributed by atoms with Crippen LogP contribution in [-0.4, -0.2) is 44.1 Å². The number of hydrogen-bond acceptors (Lipinski definition) is 5. The molecule has 0 atom stereocenters. The summed E-state index contributed by atoms with van der Waals surface area (Å²) in [5.41, 5.74) is 9.96. The molecule has 14 heavy (non-hydrogen) atoms. The molecular formula is C6H17N3O4Si. The average Bonchev–Trinajstić information content (AvgIpc) is 2.02. The van der Waals surface area contributed by atoms with Crippen LogP contribution in [-0.2, 0) is 4.43 Å². The Kier molecular flexibility index (Phi) is 6.41. The van der Waals surface area contributed by atoms with Gasteiger partial charge in [0.1, 0.15) is 0 Å². The molecule has 0 aromatic carbocycles. The van der Waals surface area contributed by atoms with E-state index in [4.69, 9.17) is 15.9 Å². The quantitative estimate of drug-likeness (QED) is 0.250. The minimum atomic E-state index is -3.55. The monoisotopic (exact) mass is 223 g/mol. The van der Waals surface area contributed by atoms with Crippen molar-refractivity contribution in [2.45, 2.75) is 12.5 Å². The predicted molar refractivity (Wildman–Crippen MR) is 52.2 cm³/mol. The Labute approximate surface area is 83.4 Å². The number of carbonyl (C=O) groups excluding carboxylic acids is 1. The van der Waals surface area contributed by atoms with E-state index in [0.717, 1.165) is 0 Å². The third kappa shape index (κ3) is 7.95. The van der Waals surface area contributed by atoms with Crippen LogP contribution in [0.3, 0.4) is 0 Å². The van der Waals surface area contributed by atoms with Gasteiger partial charge in [0.2, 0.25) is 0 Å². The second-order valence-electron chi connectivity index (χ2n) is 2.77. The lowest BCUT2D eigenvalue weighted by Gasteiger charge is -2.16. The molecule has 0 aromatic heterocycles. The van der Waals surface area contributed by atoms with E-state index in [2.05, 4.69) is 5.32 Å². The minimum absolute atomic E-state index is 0.0796. The van der Waals surface area contributed by atoms with Crippen LogP contribution in [0.2, 0.25) is 6.04 Å². The summed E-state index contributed by atoms with van der Waals surface area (Å²) in [4.78, 5) is 28.6. The molecule has 84 valence electrons. The number of hydrogen-bond donors (Lipinski definition) is 5. The standard InChI is InChI=1S/C6H17N3O4Si/c7-2-5-14(11,12)13-4-1-3-9-6(8)10/h11-12H,1-5,7H2,(H3,8,9,10). The normalized spacial score (nSPS) is 11.4. The number of primary amides is 1. The summed E-state index contributed by atoms with van der Waals surface area (Å²) in [5.74, 6) is 0. The van der Waals surface area contributed by atoms with E-state index in [1.807, 2.05) is 0 Å². The van der Waals surface area contributed by atoms with Crippen molar-refractivity contribution in [2.24, 2.45) is 11.5 Å². The maximum Gasteiger partial charge on any atom is 0.496 e. The lowest BCUT2D eigenvalue weighted by atomic mass is 10.4. The van der Waals surface area contributed by atoms with Crippen LogP contribution in [0.5, 0.6) is 0 Å². The van der Waals surface area contributed by atoms with Crippen LogP contribution in [0.15, 0.2) is 0 Å². The van der Waals surface area contributed by atoms with Gasteiger partial charge in [0.05, 0.1) is 0 Å². The number of carbonyl (C=O) groups is 1. The smallest absolute Gasteiger partial charge is 0.390 e. The Balaban J connectivity index is 3.39. The fourth-order valence-corrected chi connectivity index (χ4v) is 1.77. The second-order valence-corrected chi connectivity index (χ2v) is 5.05. The fourth-order valence-electron chi connectivity index (χ4n) is 0.780. The van der Waals surface area contributed by atoms with Crippen molar-refractivity contribution in [3.8, 4) is 0 Å². The van der Waals surface area contributed by atoms with Crippen molar-refractivity contribution in [1.29, 1.82) is 0 Å². The number of nitrogens with one attached hydrogen (secondary N) is 1. The van der Waals surface area contributed by atoms with Crippen LogP contribution in [0.4, 0.5) is 4.79 Å².